The van der Waals surface area contributed by atoms with E-state index in [1.807, 2.05) is 6.92 Å². The molecule has 0 aromatic heterocycles. The van der Waals surface area contributed by atoms with E-state index < -0.39 is 0 Å². The Kier molecular flexibility index (Phi) is 19.1. The predicted octanol–water partition coefficient (Wildman–Crippen LogP) is 6.23. The number of hydrogen-bond acceptors (Lipinski definition) is 3. The summed E-state index contributed by atoms with van der Waals surface area (Å²) in [6.07, 6.45) is 16.4. The van der Waals surface area contributed by atoms with E-state index in [9.17, 15) is 5.11 Å². The van der Waals surface area contributed by atoms with Gasteiger partial charge in [0.05, 0.1) is 6.10 Å². The smallest absolute Gasteiger partial charge is 0.157 e. The molecule has 0 spiro atoms. The van der Waals surface area contributed by atoms with Gasteiger partial charge in [-0.15, -0.1) is 0 Å². The van der Waals surface area contributed by atoms with Gasteiger partial charge in [-0.3, -0.25) is 0 Å². The van der Waals surface area contributed by atoms with Crippen LogP contribution in [0, 0.1) is 0 Å². The highest BCUT2D eigenvalue weighted by Crippen LogP contribution is 2.13. The van der Waals surface area contributed by atoms with Gasteiger partial charge in [0.2, 0.25) is 0 Å². The molecular weight excluding hydrogens is 300 g/mol. The molecule has 0 aromatic rings. The van der Waals surface area contributed by atoms with Crippen molar-refractivity contribution in [1.29, 1.82) is 0 Å². The zero-order valence-electron chi connectivity index (χ0n) is 16.7. The van der Waals surface area contributed by atoms with Gasteiger partial charge in [0.1, 0.15) is 0 Å². The molecule has 0 fully saturated rings. The van der Waals surface area contributed by atoms with Crippen molar-refractivity contribution in [2.24, 2.45) is 0 Å². The van der Waals surface area contributed by atoms with Crippen LogP contribution in [0.1, 0.15) is 111 Å². The lowest BCUT2D eigenvalue weighted by molar-refractivity contribution is -0.148. The lowest BCUT2D eigenvalue weighted by Gasteiger charge is -2.19. The molecule has 0 heterocycles. The minimum atomic E-state index is -0.157. The van der Waals surface area contributed by atoms with Gasteiger partial charge in [0, 0.05) is 13.2 Å². The fraction of sp³-hybridized carbons (Fsp3) is 1.00. The molecule has 146 valence electrons. The monoisotopic (exact) mass is 344 g/mol. The summed E-state index contributed by atoms with van der Waals surface area (Å²) in [6, 6.07) is 0. The molecule has 0 bridgehead atoms. The summed E-state index contributed by atoms with van der Waals surface area (Å²) < 4.78 is 12.0. The quantitative estimate of drug-likeness (QED) is 0.223. The third kappa shape index (κ3) is 18.2. The molecule has 1 N–H and O–H groups in total. The van der Waals surface area contributed by atoms with Crippen molar-refractivity contribution in [3.8, 4) is 0 Å². The third-order valence-electron chi connectivity index (χ3n) is 4.41. The Morgan fingerprint density at radius 3 is 1.54 bits per heavy atom. The molecule has 0 aromatic carbocycles. The highest BCUT2D eigenvalue weighted by atomic mass is 16.7. The highest BCUT2D eigenvalue weighted by molar-refractivity contribution is 4.53. The van der Waals surface area contributed by atoms with Crippen LogP contribution in [0.3, 0.4) is 0 Å². The topological polar surface area (TPSA) is 38.7 Å². The Balaban J connectivity index is 3.76. The van der Waals surface area contributed by atoms with Crippen LogP contribution in [-0.4, -0.2) is 30.7 Å². The zero-order valence-corrected chi connectivity index (χ0v) is 16.7. The van der Waals surface area contributed by atoms with Crippen LogP contribution >= 0.6 is 0 Å². The molecular formula is C21H44O3. The summed E-state index contributed by atoms with van der Waals surface area (Å²) >= 11 is 0. The first-order valence-corrected chi connectivity index (χ1v) is 10.6. The maximum absolute atomic E-state index is 9.27. The average Bonchev–Trinajstić information content (AvgIpc) is 2.56. The second kappa shape index (κ2) is 19.2. The van der Waals surface area contributed by atoms with Crippen LogP contribution < -0.4 is 0 Å². The van der Waals surface area contributed by atoms with Crippen LogP contribution in [0.5, 0.6) is 0 Å². The molecule has 0 aliphatic carbocycles. The van der Waals surface area contributed by atoms with Crippen molar-refractivity contribution in [3.63, 3.8) is 0 Å². The van der Waals surface area contributed by atoms with Gasteiger partial charge in [-0.25, -0.2) is 0 Å². The maximum atomic E-state index is 9.27. The van der Waals surface area contributed by atoms with Crippen molar-refractivity contribution in [2.45, 2.75) is 123 Å². The summed E-state index contributed by atoms with van der Waals surface area (Å²) in [5.74, 6) is 0. The van der Waals surface area contributed by atoms with Gasteiger partial charge < -0.3 is 14.6 Å². The van der Waals surface area contributed by atoms with E-state index >= 15 is 0 Å². The van der Waals surface area contributed by atoms with Crippen LogP contribution in [0.4, 0.5) is 0 Å². The summed E-state index contributed by atoms with van der Waals surface area (Å²) in [5, 5.41) is 9.27. The number of hydrogen-bond donors (Lipinski definition) is 1. The van der Waals surface area contributed by atoms with Crippen molar-refractivity contribution < 1.29 is 14.6 Å². The minimum Gasteiger partial charge on any atom is -0.393 e. The first kappa shape index (κ1) is 23.9. The largest absolute Gasteiger partial charge is 0.393 e. The predicted molar refractivity (Wildman–Crippen MR) is 103 cm³/mol. The maximum Gasteiger partial charge on any atom is 0.157 e. The molecule has 0 radical (unpaired) electrons. The number of rotatable bonds is 19. The lowest BCUT2D eigenvalue weighted by Crippen LogP contribution is -2.19. The fourth-order valence-electron chi connectivity index (χ4n) is 2.81. The van der Waals surface area contributed by atoms with Gasteiger partial charge >= 0.3 is 0 Å². The minimum absolute atomic E-state index is 0.00924. The van der Waals surface area contributed by atoms with E-state index in [4.69, 9.17) is 9.47 Å². The first-order valence-electron chi connectivity index (χ1n) is 10.6. The number of aliphatic hydroxyl groups excluding tert-OH is 1. The van der Waals surface area contributed by atoms with Gasteiger partial charge in [0.15, 0.2) is 6.29 Å². The lowest BCUT2D eigenvalue weighted by atomic mass is 10.1. The summed E-state index contributed by atoms with van der Waals surface area (Å²) in [7, 11) is 0. The molecule has 3 heteroatoms. The average molecular weight is 345 g/mol. The fourth-order valence-corrected chi connectivity index (χ4v) is 2.81. The summed E-state index contributed by atoms with van der Waals surface area (Å²) in [5.41, 5.74) is 0. The standard InChI is InChI=1S/C21H44O3/c1-4-6-8-14-18-23-21(24-19-15-9-7-5-2)17-13-11-10-12-16-20(3)22/h20-22H,4-19H2,1-3H3. The molecule has 0 saturated heterocycles. The van der Waals surface area contributed by atoms with Crippen molar-refractivity contribution in [1.82, 2.24) is 0 Å². The molecule has 3 nitrogen and oxygen atoms in total. The summed E-state index contributed by atoms with van der Waals surface area (Å²) in [6.45, 7) is 8.01. The second-order valence-corrected chi connectivity index (χ2v) is 7.13. The summed E-state index contributed by atoms with van der Waals surface area (Å²) in [4.78, 5) is 0. The molecule has 0 aliphatic rings. The molecule has 24 heavy (non-hydrogen) atoms. The third-order valence-corrected chi connectivity index (χ3v) is 4.41. The molecule has 1 atom stereocenters. The molecule has 1 unspecified atom stereocenters. The molecule has 0 saturated carbocycles. The van der Waals surface area contributed by atoms with E-state index in [1.54, 1.807) is 0 Å². The second-order valence-electron chi connectivity index (χ2n) is 7.13. The molecule has 0 aliphatic heterocycles. The van der Waals surface area contributed by atoms with Crippen LogP contribution in [-0.2, 0) is 9.47 Å². The van der Waals surface area contributed by atoms with E-state index in [0.717, 1.165) is 51.7 Å². The van der Waals surface area contributed by atoms with Crippen LogP contribution in [0.25, 0.3) is 0 Å². The first-order chi connectivity index (χ1) is 11.7. The van der Waals surface area contributed by atoms with Crippen molar-refractivity contribution in [2.75, 3.05) is 13.2 Å². The SMILES string of the molecule is CCCCCCOC(CCCCCCC(C)O)OCCCCCC. The van der Waals surface area contributed by atoms with E-state index in [2.05, 4.69) is 13.8 Å². The van der Waals surface area contributed by atoms with Gasteiger partial charge in [-0.1, -0.05) is 71.6 Å². The normalized spacial score (nSPS) is 12.9. The molecule has 0 amide bonds. The van der Waals surface area contributed by atoms with Gasteiger partial charge in [-0.05, 0) is 39.0 Å². The van der Waals surface area contributed by atoms with Crippen molar-refractivity contribution in [3.05, 3.63) is 0 Å². The van der Waals surface area contributed by atoms with Crippen LogP contribution in [0.2, 0.25) is 0 Å². The van der Waals surface area contributed by atoms with E-state index in [-0.39, 0.29) is 12.4 Å². The Labute approximate surface area is 151 Å². The van der Waals surface area contributed by atoms with Gasteiger partial charge in [-0.2, -0.15) is 0 Å². The Bertz CT molecular complexity index is 217. The Hall–Kier alpha value is -0.120. The van der Waals surface area contributed by atoms with Crippen molar-refractivity contribution >= 4 is 0 Å². The number of aliphatic hydroxyl groups is 1. The van der Waals surface area contributed by atoms with Crippen LogP contribution in [0.15, 0.2) is 0 Å². The Morgan fingerprint density at radius 1 is 0.625 bits per heavy atom. The van der Waals surface area contributed by atoms with E-state index in [0.29, 0.717) is 0 Å². The zero-order chi connectivity index (χ0) is 17.9. The van der Waals surface area contributed by atoms with E-state index in [1.165, 1.54) is 51.4 Å². The number of unbranched alkanes of at least 4 members (excludes halogenated alkanes) is 9. The Morgan fingerprint density at radius 2 is 1.08 bits per heavy atom. The highest BCUT2D eigenvalue weighted by Gasteiger charge is 2.09. The van der Waals surface area contributed by atoms with Gasteiger partial charge in [0.25, 0.3) is 0 Å². The number of ether oxygens (including phenoxy) is 2. The molecule has 0 rings (SSSR count).